The molecule has 4 heteroatoms. The Morgan fingerprint density at radius 1 is 1.50 bits per heavy atom. The number of ether oxygens (including phenoxy) is 1. The first-order valence-electron chi connectivity index (χ1n) is 7.00. The molecule has 0 saturated carbocycles. The Balaban J connectivity index is 1.98. The predicted octanol–water partition coefficient (Wildman–Crippen LogP) is 2.13. The van der Waals surface area contributed by atoms with E-state index in [1.165, 1.54) is 5.56 Å². The quantitative estimate of drug-likeness (QED) is 0.808. The van der Waals surface area contributed by atoms with Crippen LogP contribution in [0.3, 0.4) is 0 Å². The van der Waals surface area contributed by atoms with Gasteiger partial charge in [-0.3, -0.25) is 9.69 Å². The Bertz CT molecular complexity index is 456. The van der Waals surface area contributed by atoms with E-state index in [4.69, 9.17) is 4.74 Å². The summed E-state index contributed by atoms with van der Waals surface area (Å²) < 4.78 is 5.18. The van der Waals surface area contributed by atoms with Crippen LogP contribution < -0.4 is 10.1 Å². The summed E-state index contributed by atoms with van der Waals surface area (Å²) in [7, 11) is 1.67. The monoisotopic (exact) mass is 274 g/mol. The van der Waals surface area contributed by atoms with Crippen LogP contribution >= 0.6 is 0 Å². The highest BCUT2D eigenvalue weighted by Gasteiger charge is 2.27. The molecule has 1 fully saturated rings. The molecule has 1 unspecified atom stereocenters. The summed E-state index contributed by atoms with van der Waals surface area (Å²) >= 11 is 0. The summed E-state index contributed by atoms with van der Waals surface area (Å²) in [4.78, 5) is 14.1. The fraction of sp³-hybridized carbons (Fsp3) is 0.438. The number of carbonyl (C=O) groups excluding carboxylic acids is 1. The van der Waals surface area contributed by atoms with Gasteiger partial charge in [0, 0.05) is 12.6 Å². The van der Waals surface area contributed by atoms with E-state index in [0.717, 1.165) is 25.1 Å². The van der Waals surface area contributed by atoms with E-state index in [0.29, 0.717) is 19.1 Å². The maximum atomic E-state index is 11.8. The Labute approximate surface area is 120 Å². The van der Waals surface area contributed by atoms with Gasteiger partial charge >= 0.3 is 0 Å². The highest BCUT2D eigenvalue weighted by atomic mass is 16.5. The van der Waals surface area contributed by atoms with Crippen LogP contribution in [0.4, 0.5) is 0 Å². The van der Waals surface area contributed by atoms with Gasteiger partial charge in [-0.25, -0.2) is 0 Å². The minimum atomic E-state index is 0.0605. The molecule has 1 aromatic carbocycles. The first kappa shape index (κ1) is 14.6. The second kappa shape index (κ2) is 7.10. The van der Waals surface area contributed by atoms with Crippen molar-refractivity contribution < 1.29 is 9.53 Å². The third kappa shape index (κ3) is 3.61. The van der Waals surface area contributed by atoms with Gasteiger partial charge < -0.3 is 10.1 Å². The van der Waals surface area contributed by atoms with Gasteiger partial charge in [0.15, 0.2) is 0 Å². The van der Waals surface area contributed by atoms with Crippen LogP contribution in [0.25, 0.3) is 0 Å². The van der Waals surface area contributed by atoms with Crippen molar-refractivity contribution in [2.24, 2.45) is 0 Å². The molecule has 20 heavy (non-hydrogen) atoms. The van der Waals surface area contributed by atoms with Gasteiger partial charge in [0.25, 0.3) is 0 Å². The maximum absolute atomic E-state index is 11.8. The van der Waals surface area contributed by atoms with Gasteiger partial charge in [-0.05, 0) is 37.1 Å². The standard InChI is InChI=1S/C16H22N2O2/c1-3-10-17-16(19)12-18-11-4-5-15(18)13-6-8-14(20-2)9-7-13/h3,6-9,15H,1,4-5,10-12H2,2H3,(H,17,19). The SMILES string of the molecule is C=CCNC(=O)CN1CCCC1c1ccc(OC)cc1. The molecule has 4 nitrogen and oxygen atoms in total. The lowest BCUT2D eigenvalue weighted by atomic mass is 10.0. The van der Waals surface area contributed by atoms with E-state index < -0.39 is 0 Å². The summed E-state index contributed by atoms with van der Waals surface area (Å²) in [5.74, 6) is 0.923. The van der Waals surface area contributed by atoms with Crippen molar-refractivity contribution in [3.63, 3.8) is 0 Å². The average molecular weight is 274 g/mol. The van der Waals surface area contributed by atoms with Crippen molar-refractivity contribution >= 4 is 5.91 Å². The van der Waals surface area contributed by atoms with Crippen LogP contribution in [0.5, 0.6) is 5.75 Å². The molecule has 1 N–H and O–H groups in total. The van der Waals surface area contributed by atoms with Gasteiger partial charge in [0.05, 0.1) is 13.7 Å². The van der Waals surface area contributed by atoms with E-state index in [9.17, 15) is 4.79 Å². The molecule has 1 saturated heterocycles. The zero-order valence-electron chi connectivity index (χ0n) is 12.0. The first-order chi connectivity index (χ1) is 9.74. The molecule has 0 radical (unpaired) electrons. The largest absolute Gasteiger partial charge is 0.497 e. The number of rotatable bonds is 6. The van der Waals surface area contributed by atoms with Crippen molar-refractivity contribution in [1.29, 1.82) is 0 Å². The number of nitrogens with zero attached hydrogens (tertiary/aromatic N) is 1. The number of hydrogen-bond acceptors (Lipinski definition) is 3. The summed E-state index contributed by atoms with van der Waals surface area (Å²) in [5, 5.41) is 2.83. The minimum absolute atomic E-state index is 0.0605. The first-order valence-corrected chi connectivity index (χ1v) is 7.00. The predicted molar refractivity (Wildman–Crippen MR) is 79.7 cm³/mol. The van der Waals surface area contributed by atoms with Crippen LogP contribution in [-0.2, 0) is 4.79 Å². The lowest BCUT2D eigenvalue weighted by Gasteiger charge is -2.24. The van der Waals surface area contributed by atoms with Gasteiger partial charge in [-0.15, -0.1) is 6.58 Å². The molecule has 0 bridgehead atoms. The molecular weight excluding hydrogens is 252 g/mol. The second-order valence-electron chi connectivity index (χ2n) is 4.99. The topological polar surface area (TPSA) is 41.6 Å². The molecule has 1 atom stereocenters. The van der Waals surface area contributed by atoms with E-state index in [-0.39, 0.29) is 5.91 Å². The van der Waals surface area contributed by atoms with E-state index >= 15 is 0 Å². The second-order valence-corrected chi connectivity index (χ2v) is 4.99. The Morgan fingerprint density at radius 3 is 2.90 bits per heavy atom. The maximum Gasteiger partial charge on any atom is 0.234 e. The van der Waals surface area contributed by atoms with Crippen molar-refractivity contribution in [3.8, 4) is 5.75 Å². The Hall–Kier alpha value is -1.81. The number of carbonyl (C=O) groups is 1. The van der Waals surface area contributed by atoms with Crippen molar-refractivity contribution in [1.82, 2.24) is 10.2 Å². The molecule has 1 aliphatic heterocycles. The van der Waals surface area contributed by atoms with E-state index in [1.807, 2.05) is 12.1 Å². The molecule has 1 heterocycles. The zero-order chi connectivity index (χ0) is 14.4. The lowest BCUT2D eigenvalue weighted by molar-refractivity contribution is -0.122. The molecule has 1 aliphatic rings. The van der Waals surface area contributed by atoms with Crippen LogP contribution in [0.1, 0.15) is 24.4 Å². The minimum Gasteiger partial charge on any atom is -0.497 e. The molecule has 1 amide bonds. The smallest absolute Gasteiger partial charge is 0.234 e. The van der Waals surface area contributed by atoms with Gasteiger partial charge in [0.2, 0.25) is 5.91 Å². The third-order valence-electron chi connectivity index (χ3n) is 3.65. The fourth-order valence-electron chi connectivity index (χ4n) is 2.65. The Morgan fingerprint density at radius 2 is 2.25 bits per heavy atom. The van der Waals surface area contributed by atoms with Crippen molar-refractivity contribution in [2.75, 3.05) is 26.7 Å². The number of methoxy groups -OCH3 is 1. The average Bonchev–Trinajstić information content (AvgIpc) is 2.93. The van der Waals surface area contributed by atoms with E-state index in [2.05, 4.69) is 28.9 Å². The van der Waals surface area contributed by atoms with Crippen LogP contribution in [0, 0.1) is 0 Å². The van der Waals surface area contributed by atoms with Crippen LogP contribution in [-0.4, -0.2) is 37.6 Å². The van der Waals surface area contributed by atoms with Crippen molar-refractivity contribution in [2.45, 2.75) is 18.9 Å². The van der Waals surface area contributed by atoms with Crippen LogP contribution in [0.2, 0.25) is 0 Å². The number of nitrogens with one attached hydrogen (secondary N) is 1. The molecule has 1 aromatic rings. The molecule has 0 spiro atoms. The number of hydrogen-bond donors (Lipinski definition) is 1. The van der Waals surface area contributed by atoms with Crippen molar-refractivity contribution in [3.05, 3.63) is 42.5 Å². The number of amides is 1. The molecular formula is C16H22N2O2. The lowest BCUT2D eigenvalue weighted by Crippen LogP contribution is -2.36. The summed E-state index contributed by atoms with van der Waals surface area (Å²) in [6, 6.07) is 8.45. The number of benzene rings is 1. The summed E-state index contributed by atoms with van der Waals surface area (Å²) in [6.07, 6.45) is 3.93. The summed E-state index contributed by atoms with van der Waals surface area (Å²) in [5.41, 5.74) is 1.25. The molecule has 108 valence electrons. The van der Waals surface area contributed by atoms with Gasteiger partial charge in [-0.1, -0.05) is 18.2 Å². The third-order valence-corrected chi connectivity index (χ3v) is 3.65. The molecule has 2 rings (SSSR count). The molecule has 0 aromatic heterocycles. The number of likely N-dealkylation sites (tertiary alicyclic amines) is 1. The highest BCUT2D eigenvalue weighted by Crippen LogP contribution is 2.32. The van der Waals surface area contributed by atoms with Gasteiger partial charge in [-0.2, -0.15) is 0 Å². The fourth-order valence-corrected chi connectivity index (χ4v) is 2.65. The highest BCUT2D eigenvalue weighted by molar-refractivity contribution is 5.78. The summed E-state index contributed by atoms with van der Waals surface area (Å²) in [6.45, 7) is 5.55. The van der Waals surface area contributed by atoms with Crippen LogP contribution in [0.15, 0.2) is 36.9 Å². The normalized spacial score (nSPS) is 18.8. The van der Waals surface area contributed by atoms with E-state index in [1.54, 1.807) is 13.2 Å². The molecule has 0 aliphatic carbocycles. The van der Waals surface area contributed by atoms with Gasteiger partial charge in [0.1, 0.15) is 5.75 Å². The Kier molecular flexibility index (Phi) is 5.18. The zero-order valence-corrected chi connectivity index (χ0v) is 12.0.